The predicted octanol–water partition coefficient (Wildman–Crippen LogP) is 4.22. The Morgan fingerprint density at radius 3 is 2.37 bits per heavy atom. The lowest BCUT2D eigenvalue weighted by Gasteiger charge is -2.20. The molecule has 4 nitrogen and oxygen atoms in total. The number of benzene rings is 2. The van der Waals surface area contributed by atoms with Crippen molar-refractivity contribution in [2.75, 3.05) is 19.6 Å². The van der Waals surface area contributed by atoms with E-state index < -0.39 is 17.6 Å². The van der Waals surface area contributed by atoms with Crippen LogP contribution in [0.1, 0.15) is 22.3 Å². The van der Waals surface area contributed by atoms with E-state index >= 15 is 0 Å². The number of halogens is 4. The summed E-state index contributed by atoms with van der Waals surface area (Å²) in [6, 6.07) is 10.6. The molecular weight excluding hydrogens is 461 g/mol. The van der Waals surface area contributed by atoms with Gasteiger partial charge in [0.25, 0.3) is 0 Å². The Labute approximate surface area is 180 Å². The van der Waals surface area contributed by atoms with Crippen molar-refractivity contribution in [1.29, 1.82) is 0 Å². The molecule has 0 unspecified atom stereocenters. The van der Waals surface area contributed by atoms with Gasteiger partial charge in [0.05, 0.1) is 12.1 Å². The van der Waals surface area contributed by atoms with Crippen molar-refractivity contribution in [3.8, 4) is 0 Å². The van der Waals surface area contributed by atoms with E-state index in [1.165, 1.54) is 35.4 Å². The van der Waals surface area contributed by atoms with E-state index in [0.717, 1.165) is 29.4 Å². The van der Waals surface area contributed by atoms with Crippen molar-refractivity contribution >= 4 is 33.8 Å². The smallest absolute Gasteiger partial charge is 0.343 e. The monoisotopic (exact) mass is 480 g/mol. The van der Waals surface area contributed by atoms with Crippen molar-refractivity contribution in [2.24, 2.45) is 0 Å². The molecule has 0 fully saturated rings. The number of amides is 2. The van der Waals surface area contributed by atoms with Gasteiger partial charge in [0.15, 0.2) is 0 Å². The molecule has 1 heterocycles. The largest absolute Gasteiger partial charge is 0.416 e. The van der Waals surface area contributed by atoms with Gasteiger partial charge in [0.1, 0.15) is 0 Å². The highest BCUT2D eigenvalue weighted by Gasteiger charge is 2.29. The van der Waals surface area contributed by atoms with Gasteiger partial charge < -0.3 is 10.2 Å². The molecule has 0 aromatic heterocycles. The molecule has 0 aliphatic carbocycles. The first kappa shape index (κ1) is 22.1. The van der Waals surface area contributed by atoms with E-state index in [2.05, 4.69) is 33.4 Å². The maximum atomic E-state index is 12.6. The van der Waals surface area contributed by atoms with Crippen LogP contribution in [0.3, 0.4) is 0 Å². The van der Waals surface area contributed by atoms with Crippen LogP contribution in [0.25, 0.3) is 6.08 Å². The summed E-state index contributed by atoms with van der Waals surface area (Å²) in [5, 5.41) is 2.53. The summed E-state index contributed by atoms with van der Waals surface area (Å²) in [6.45, 7) is 1.04. The number of rotatable bonds is 4. The average molecular weight is 481 g/mol. The molecule has 0 radical (unpaired) electrons. The van der Waals surface area contributed by atoms with Gasteiger partial charge in [0, 0.05) is 23.6 Å². The Morgan fingerprint density at radius 2 is 1.70 bits per heavy atom. The summed E-state index contributed by atoms with van der Waals surface area (Å²) >= 11 is 3.46. The van der Waals surface area contributed by atoms with Crippen LogP contribution < -0.4 is 5.32 Å². The number of hydrogen-bond acceptors (Lipinski definition) is 2. The van der Waals surface area contributed by atoms with E-state index in [0.29, 0.717) is 18.7 Å². The molecule has 1 aliphatic rings. The number of nitrogens with one attached hydrogen (secondary N) is 1. The fourth-order valence-corrected chi connectivity index (χ4v) is 3.64. The van der Waals surface area contributed by atoms with Crippen LogP contribution in [0.15, 0.2) is 53.0 Å². The van der Waals surface area contributed by atoms with Gasteiger partial charge in [-0.2, -0.15) is 13.2 Å². The highest BCUT2D eigenvalue weighted by Crippen LogP contribution is 2.29. The number of alkyl halides is 3. The zero-order chi connectivity index (χ0) is 21.7. The average Bonchev–Trinajstić information content (AvgIpc) is 2.92. The van der Waals surface area contributed by atoms with Crippen LogP contribution in [0.4, 0.5) is 13.2 Å². The summed E-state index contributed by atoms with van der Waals surface area (Å²) in [7, 11) is 0. The third-order valence-corrected chi connectivity index (χ3v) is 5.40. The third-order valence-electron chi connectivity index (χ3n) is 4.90. The van der Waals surface area contributed by atoms with Gasteiger partial charge >= 0.3 is 6.18 Å². The normalized spacial score (nSPS) is 14.3. The molecule has 8 heteroatoms. The maximum absolute atomic E-state index is 12.6. The summed E-state index contributed by atoms with van der Waals surface area (Å²) in [4.78, 5) is 26.1. The van der Waals surface area contributed by atoms with Crippen molar-refractivity contribution < 1.29 is 22.8 Å². The molecule has 2 aromatic carbocycles. The van der Waals surface area contributed by atoms with Crippen LogP contribution in [0.2, 0.25) is 0 Å². The van der Waals surface area contributed by atoms with E-state index in [9.17, 15) is 22.8 Å². The van der Waals surface area contributed by atoms with Crippen molar-refractivity contribution in [3.05, 3.63) is 75.3 Å². The molecule has 158 valence electrons. The van der Waals surface area contributed by atoms with Gasteiger partial charge in [-0.15, -0.1) is 0 Å². The van der Waals surface area contributed by atoms with E-state index in [1.54, 1.807) is 4.90 Å². The minimum atomic E-state index is -4.40. The third kappa shape index (κ3) is 5.95. The zero-order valence-corrected chi connectivity index (χ0v) is 17.6. The highest BCUT2D eigenvalue weighted by atomic mass is 79.9. The molecule has 0 spiro atoms. The molecular formula is C22H20BrF3N2O2. The lowest BCUT2D eigenvalue weighted by Crippen LogP contribution is -2.41. The lowest BCUT2D eigenvalue weighted by atomic mass is 10.0. The first-order valence-electron chi connectivity index (χ1n) is 9.40. The topological polar surface area (TPSA) is 49.4 Å². The first-order valence-corrected chi connectivity index (χ1v) is 10.2. The molecule has 0 saturated carbocycles. The molecule has 0 atom stereocenters. The second-order valence-corrected chi connectivity index (χ2v) is 7.88. The molecule has 1 aliphatic heterocycles. The maximum Gasteiger partial charge on any atom is 0.416 e. The van der Waals surface area contributed by atoms with Crippen molar-refractivity contribution in [2.45, 2.75) is 19.0 Å². The number of nitrogens with zero attached hydrogens (tertiary/aromatic N) is 1. The van der Waals surface area contributed by atoms with E-state index in [-0.39, 0.29) is 12.5 Å². The highest BCUT2D eigenvalue weighted by molar-refractivity contribution is 9.10. The fraction of sp³-hybridized carbons (Fsp3) is 0.273. The number of hydrogen-bond donors (Lipinski definition) is 1. The summed E-state index contributed by atoms with van der Waals surface area (Å²) in [5.41, 5.74) is 2.14. The van der Waals surface area contributed by atoms with Crippen LogP contribution >= 0.6 is 15.9 Å². The molecule has 30 heavy (non-hydrogen) atoms. The van der Waals surface area contributed by atoms with Crippen LogP contribution in [-0.4, -0.2) is 36.3 Å². The quantitative estimate of drug-likeness (QED) is 0.665. The van der Waals surface area contributed by atoms with Gasteiger partial charge in [-0.3, -0.25) is 9.59 Å². The molecule has 1 N–H and O–H groups in total. The second-order valence-electron chi connectivity index (χ2n) is 6.96. The minimum absolute atomic E-state index is 0.129. The summed E-state index contributed by atoms with van der Waals surface area (Å²) in [5.74, 6) is -0.650. The number of fused-ring (bicyclic) bond motifs is 1. The van der Waals surface area contributed by atoms with Gasteiger partial charge in [-0.05, 0) is 59.9 Å². The Bertz CT molecular complexity index is 956. The molecule has 2 amide bonds. The lowest BCUT2D eigenvalue weighted by molar-refractivity contribution is -0.137. The van der Waals surface area contributed by atoms with E-state index in [1.807, 2.05) is 6.07 Å². The van der Waals surface area contributed by atoms with Crippen LogP contribution in [0.5, 0.6) is 0 Å². The summed E-state index contributed by atoms with van der Waals surface area (Å²) in [6.07, 6.45) is -0.282. The number of carbonyl (C=O) groups excluding carboxylic acids is 2. The first-order chi connectivity index (χ1) is 14.2. The SMILES string of the molecule is O=C(/C=C/c1ccc(C(F)(F)F)cc1)NCC(=O)N1CCc2ccc(Br)cc2CC1. The Morgan fingerprint density at radius 1 is 1.03 bits per heavy atom. The van der Waals surface area contributed by atoms with Crippen LogP contribution in [0, 0.1) is 0 Å². The van der Waals surface area contributed by atoms with Gasteiger partial charge in [0.2, 0.25) is 11.8 Å². The van der Waals surface area contributed by atoms with E-state index in [4.69, 9.17) is 0 Å². The Balaban J connectivity index is 1.48. The Hall–Kier alpha value is -2.61. The standard InChI is InChI=1S/C22H20BrF3N2O2/c23-19-7-4-16-9-11-28(12-10-17(16)13-19)21(30)14-27-20(29)8-3-15-1-5-18(6-2-15)22(24,25)26/h1-8,13H,9-12,14H2,(H,27,29)/b8-3+. The second kappa shape index (κ2) is 9.47. The minimum Gasteiger partial charge on any atom is -0.343 e. The van der Waals surface area contributed by atoms with Crippen molar-refractivity contribution in [3.63, 3.8) is 0 Å². The van der Waals surface area contributed by atoms with Gasteiger partial charge in [-0.25, -0.2) is 0 Å². The zero-order valence-electron chi connectivity index (χ0n) is 16.0. The fourth-order valence-electron chi connectivity index (χ4n) is 3.23. The predicted molar refractivity (Wildman–Crippen MR) is 112 cm³/mol. The van der Waals surface area contributed by atoms with Crippen molar-refractivity contribution in [1.82, 2.24) is 10.2 Å². The molecule has 0 saturated heterocycles. The summed E-state index contributed by atoms with van der Waals surface area (Å²) < 4.78 is 38.7. The van der Waals surface area contributed by atoms with Crippen LogP contribution in [-0.2, 0) is 28.6 Å². The van der Waals surface area contributed by atoms with Gasteiger partial charge in [-0.1, -0.05) is 34.1 Å². The molecule has 3 rings (SSSR count). The molecule has 2 aromatic rings. The number of carbonyl (C=O) groups is 2. The Kier molecular flexibility index (Phi) is 6.97. The molecule has 0 bridgehead atoms.